The summed E-state index contributed by atoms with van der Waals surface area (Å²) in [6.07, 6.45) is 1.72. The van der Waals surface area contributed by atoms with E-state index in [4.69, 9.17) is 11.5 Å². The van der Waals surface area contributed by atoms with E-state index >= 15 is 0 Å². The van der Waals surface area contributed by atoms with Crippen LogP contribution in [0.3, 0.4) is 0 Å². The molecule has 0 fully saturated rings. The van der Waals surface area contributed by atoms with Gasteiger partial charge in [-0.05, 0) is 24.1 Å². The van der Waals surface area contributed by atoms with Crippen LogP contribution in [0.4, 0.5) is 11.5 Å². The first kappa shape index (κ1) is 10.8. The summed E-state index contributed by atoms with van der Waals surface area (Å²) in [4.78, 5) is 3.99. The second-order valence-electron chi connectivity index (χ2n) is 4.19. The molecule has 0 unspecified atom stereocenters. The molecule has 1 rings (SSSR count). The first-order valence-electron chi connectivity index (χ1n) is 4.69. The topological polar surface area (TPSA) is 77.0 Å². The zero-order valence-electron chi connectivity index (χ0n) is 8.75. The molecule has 0 saturated heterocycles. The highest BCUT2D eigenvalue weighted by atomic mass is 14.9. The number of rotatable bonds is 4. The fourth-order valence-corrected chi connectivity index (χ4v) is 0.923. The average molecular weight is 194 g/mol. The maximum atomic E-state index is 5.62. The molecular formula is C10H18N4. The van der Waals surface area contributed by atoms with Crippen LogP contribution in [-0.4, -0.2) is 18.1 Å². The van der Waals surface area contributed by atoms with Gasteiger partial charge in [-0.2, -0.15) is 0 Å². The standard InChI is InChI=1S/C10H18N4/c1-10(2,6-11)7-14-8-3-4-9(12)13-5-8/h3-5,14H,6-7,11H2,1-2H3,(H2,12,13). The van der Waals surface area contributed by atoms with Crippen molar-refractivity contribution in [3.05, 3.63) is 18.3 Å². The number of nitrogens with zero attached hydrogens (tertiary/aromatic N) is 1. The molecule has 1 aromatic rings. The number of aromatic nitrogens is 1. The van der Waals surface area contributed by atoms with E-state index in [-0.39, 0.29) is 5.41 Å². The minimum absolute atomic E-state index is 0.0986. The fraction of sp³-hybridized carbons (Fsp3) is 0.500. The van der Waals surface area contributed by atoms with Gasteiger partial charge in [0.2, 0.25) is 0 Å². The van der Waals surface area contributed by atoms with E-state index in [1.807, 2.05) is 6.07 Å². The normalized spacial score (nSPS) is 11.4. The van der Waals surface area contributed by atoms with Crippen LogP contribution in [0.2, 0.25) is 0 Å². The maximum Gasteiger partial charge on any atom is 0.123 e. The summed E-state index contributed by atoms with van der Waals surface area (Å²) in [5, 5.41) is 3.26. The van der Waals surface area contributed by atoms with Gasteiger partial charge in [0.25, 0.3) is 0 Å². The Balaban J connectivity index is 2.50. The lowest BCUT2D eigenvalue weighted by molar-refractivity contribution is 0.405. The zero-order valence-corrected chi connectivity index (χ0v) is 8.75. The van der Waals surface area contributed by atoms with Crippen molar-refractivity contribution in [3.63, 3.8) is 0 Å². The molecule has 0 aliphatic heterocycles. The van der Waals surface area contributed by atoms with Gasteiger partial charge >= 0.3 is 0 Å². The lowest BCUT2D eigenvalue weighted by atomic mass is 9.94. The predicted octanol–water partition coefficient (Wildman–Crippen LogP) is 1.06. The Morgan fingerprint density at radius 1 is 1.43 bits per heavy atom. The number of anilines is 2. The summed E-state index contributed by atoms with van der Waals surface area (Å²) in [7, 11) is 0. The minimum Gasteiger partial charge on any atom is -0.384 e. The van der Waals surface area contributed by atoms with Gasteiger partial charge in [-0.1, -0.05) is 13.8 Å². The number of nitrogen functional groups attached to an aromatic ring is 1. The summed E-state index contributed by atoms with van der Waals surface area (Å²) in [6.45, 7) is 5.72. The van der Waals surface area contributed by atoms with Crippen LogP contribution in [-0.2, 0) is 0 Å². The highest BCUT2D eigenvalue weighted by molar-refractivity contribution is 5.45. The molecule has 0 bridgehead atoms. The van der Waals surface area contributed by atoms with Gasteiger partial charge in [-0.3, -0.25) is 0 Å². The van der Waals surface area contributed by atoms with Crippen molar-refractivity contribution >= 4 is 11.5 Å². The summed E-state index contributed by atoms with van der Waals surface area (Å²) in [6, 6.07) is 3.69. The molecule has 0 amide bonds. The van der Waals surface area contributed by atoms with E-state index in [0.717, 1.165) is 12.2 Å². The highest BCUT2D eigenvalue weighted by Gasteiger charge is 2.14. The molecule has 0 saturated carbocycles. The second kappa shape index (κ2) is 4.28. The van der Waals surface area contributed by atoms with Crippen LogP contribution >= 0.6 is 0 Å². The molecule has 78 valence electrons. The third kappa shape index (κ3) is 3.22. The quantitative estimate of drug-likeness (QED) is 0.670. The molecule has 5 N–H and O–H groups in total. The monoisotopic (exact) mass is 194 g/mol. The molecule has 14 heavy (non-hydrogen) atoms. The van der Waals surface area contributed by atoms with Crippen LogP contribution in [0.15, 0.2) is 18.3 Å². The number of nitrogens with one attached hydrogen (secondary N) is 1. The number of pyridine rings is 1. The van der Waals surface area contributed by atoms with Crippen molar-refractivity contribution < 1.29 is 0 Å². The molecule has 0 aliphatic carbocycles. The van der Waals surface area contributed by atoms with Crippen LogP contribution in [0.1, 0.15) is 13.8 Å². The fourth-order valence-electron chi connectivity index (χ4n) is 0.923. The Morgan fingerprint density at radius 2 is 2.14 bits per heavy atom. The van der Waals surface area contributed by atoms with Crippen LogP contribution in [0.25, 0.3) is 0 Å². The average Bonchev–Trinajstić information content (AvgIpc) is 2.17. The predicted molar refractivity (Wildman–Crippen MR) is 60.0 cm³/mol. The van der Waals surface area contributed by atoms with Crippen LogP contribution in [0.5, 0.6) is 0 Å². The number of nitrogens with two attached hydrogens (primary N) is 2. The molecule has 4 nitrogen and oxygen atoms in total. The van der Waals surface area contributed by atoms with E-state index < -0.39 is 0 Å². The highest BCUT2D eigenvalue weighted by Crippen LogP contribution is 2.14. The van der Waals surface area contributed by atoms with Crippen molar-refractivity contribution in [2.45, 2.75) is 13.8 Å². The molecule has 4 heteroatoms. The van der Waals surface area contributed by atoms with Crippen molar-refractivity contribution in [3.8, 4) is 0 Å². The molecular weight excluding hydrogens is 176 g/mol. The Bertz CT molecular complexity index is 279. The van der Waals surface area contributed by atoms with Gasteiger partial charge in [0, 0.05) is 6.54 Å². The van der Waals surface area contributed by atoms with E-state index in [9.17, 15) is 0 Å². The van der Waals surface area contributed by atoms with E-state index in [1.54, 1.807) is 12.3 Å². The first-order chi connectivity index (χ1) is 6.53. The molecule has 0 radical (unpaired) electrons. The number of hydrogen-bond acceptors (Lipinski definition) is 4. The van der Waals surface area contributed by atoms with Gasteiger partial charge in [-0.25, -0.2) is 4.98 Å². The number of hydrogen-bond donors (Lipinski definition) is 3. The Morgan fingerprint density at radius 3 is 2.64 bits per heavy atom. The van der Waals surface area contributed by atoms with Crippen LogP contribution < -0.4 is 16.8 Å². The Hall–Kier alpha value is -1.29. The van der Waals surface area contributed by atoms with Crippen molar-refractivity contribution in [2.24, 2.45) is 11.1 Å². The third-order valence-corrected chi connectivity index (χ3v) is 2.11. The van der Waals surface area contributed by atoms with E-state index in [2.05, 4.69) is 24.1 Å². The molecule has 0 aromatic carbocycles. The molecule has 1 heterocycles. The third-order valence-electron chi connectivity index (χ3n) is 2.11. The Kier molecular flexibility index (Phi) is 3.30. The molecule has 0 spiro atoms. The van der Waals surface area contributed by atoms with Gasteiger partial charge < -0.3 is 16.8 Å². The maximum absolute atomic E-state index is 5.62. The van der Waals surface area contributed by atoms with Crippen LogP contribution in [0, 0.1) is 5.41 Å². The Labute approximate surface area is 84.7 Å². The molecule has 0 atom stereocenters. The second-order valence-corrected chi connectivity index (χ2v) is 4.19. The van der Waals surface area contributed by atoms with E-state index in [0.29, 0.717) is 12.4 Å². The summed E-state index contributed by atoms with van der Waals surface area (Å²) in [5.41, 5.74) is 12.2. The summed E-state index contributed by atoms with van der Waals surface area (Å²) >= 11 is 0. The summed E-state index contributed by atoms with van der Waals surface area (Å²) < 4.78 is 0. The summed E-state index contributed by atoms with van der Waals surface area (Å²) in [5.74, 6) is 0.536. The van der Waals surface area contributed by atoms with Crippen molar-refractivity contribution in [2.75, 3.05) is 24.1 Å². The molecule has 1 aromatic heterocycles. The first-order valence-corrected chi connectivity index (χ1v) is 4.69. The smallest absolute Gasteiger partial charge is 0.123 e. The molecule has 0 aliphatic rings. The van der Waals surface area contributed by atoms with Gasteiger partial charge in [0.15, 0.2) is 0 Å². The van der Waals surface area contributed by atoms with Gasteiger partial charge in [0.05, 0.1) is 11.9 Å². The van der Waals surface area contributed by atoms with Crippen molar-refractivity contribution in [1.29, 1.82) is 0 Å². The minimum atomic E-state index is 0.0986. The zero-order chi connectivity index (χ0) is 10.6. The largest absolute Gasteiger partial charge is 0.384 e. The lowest BCUT2D eigenvalue weighted by Gasteiger charge is -2.23. The SMILES string of the molecule is CC(C)(CN)CNc1ccc(N)nc1. The van der Waals surface area contributed by atoms with Gasteiger partial charge in [0.1, 0.15) is 5.82 Å². The van der Waals surface area contributed by atoms with E-state index in [1.165, 1.54) is 0 Å². The van der Waals surface area contributed by atoms with Crippen molar-refractivity contribution in [1.82, 2.24) is 4.98 Å². The lowest BCUT2D eigenvalue weighted by Crippen LogP contribution is -2.31. The van der Waals surface area contributed by atoms with Gasteiger partial charge in [-0.15, -0.1) is 0 Å².